The Morgan fingerprint density at radius 2 is 1.69 bits per heavy atom. The second-order valence-corrected chi connectivity index (χ2v) is 6.84. The number of rotatable bonds is 0. The van der Waals surface area contributed by atoms with Crippen molar-refractivity contribution in [2.75, 3.05) is 0 Å². The molecule has 6 aliphatic rings. The quantitative estimate of drug-likeness (QED) is 0.641. The number of alkyl halides is 1. The SMILES string of the molecule is BrC1=C2C=c3c1c1c4c(c3C2Br)C2C(=C12)C=4. The second-order valence-electron chi connectivity index (χ2n) is 5.13. The van der Waals surface area contributed by atoms with Crippen molar-refractivity contribution in [3.05, 3.63) is 43.8 Å². The lowest BCUT2D eigenvalue weighted by molar-refractivity contribution is 1.12. The first-order valence-corrected chi connectivity index (χ1v) is 7.21. The van der Waals surface area contributed by atoms with Gasteiger partial charge in [-0.3, -0.25) is 0 Å². The van der Waals surface area contributed by atoms with E-state index in [1.54, 1.807) is 33.1 Å². The van der Waals surface area contributed by atoms with Crippen molar-refractivity contribution in [2.24, 2.45) is 0 Å². The maximum atomic E-state index is 3.85. The van der Waals surface area contributed by atoms with Crippen LogP contribution < -0.4 is 10.4 Å². The van der Waals surface area contributed by atoms with Gasteiger partial charge in [-0.25, -0.2) is 0 Å². The fourth-order valence-electron chi connectivity index (χ4n) is 4.07. The smallest absolute Gasteiger partial charge is 0.0665 e. The summed E-state index contributed by atoms with van der Waals surface area (Å²) in [6.07, 6.45) is 4.78. The minimum Gasteiger partial charge on any atom is -0.0786 e. The Kier molecular flexibility index (Phi) is 0.887. The van der Waals surface area contributed by atoms with Crippen molar-refractivity contribution in [1.82, 2.24) is 0 Å². The van der Waals surface area contributed by atoms with Gasteiger partial charge in [0, 0.05) is 16.0 Å². The van der Waals surface area contributed by atoms with Crippen LogP contribution in [-0.2, 0) is 0 Å². The Bertz CT molecular complexity index is 865. The molecule has 7 rings (SSSR count). The first-order chi connectivity index (χ1) is 7.79. The second kappa shape index (κ2) is 1.85. The predicted octanol–water partition coefficient (Wildman–Crippen LogP) is 2.69. The Hall–Kier alpha value is -0.600. The third-order valence-electron chi connectivity index (χ3n) is 4.64. The van der Waals surface area contributed by atoms with E-state index < -0.39 is 0 Å². The van der Waals surface area contributed by atoms with Gasteiger partial charge in [-0.2, -0.15) is 0 Å². The van der Waals surface area contributed by atoms with Gasteiger partial charge >= 0.3 is 0 Å². The van der Waals surface area contributed by atoms with Crippen molar-refractivity contribution in [1.29, 1.82) is 0 Å². The van der Waals surface area contributed by atoms with E-state index in [-0.39, 0.29) is 0 Å². The van der Waals surface area contributed by atoms with Crippen LogP contribution in [0.15, 0.2) is 11.1 Å². The molecule has 0 aliphatic heterocycles. The Morgan fingerprint density at radius 3 is 2.44 bits per heavy atom. The van der Waals surface area contributed by atoms with Gasteiger partial charge in [0.05, 0.1) is 4.83 Å². The lowest BCUT2D eigenvalue weighted by Gasteiger charge is -2.17. The summed E-state index contributed by atoms with van der Waals surface area (Å²) in [5, 5.41) is 3.03. The summed E-state index contributed by atoms with van der Waals surface area (Å²) in [5.41, 5.74) is 10.9. The molecule has 0 heterocycles. The lowest BCUT2D eigenvalue weighted by Crippen LogP contribution is -2.22. The molecule has 16 heavy (non-hydrogen) atoms. The van der Waals surface area contributed by atoms with Crippen LogP contribution >= 0.6 is 31.9 Å². The van der Waals surface area contributed by atoms with Crippen LogP contribution in [0.25, 0.3) is 22.2 Å². The monoisotopic (exact) mass is 330 g/mol. The number of fused-ring (bicyclic) bond motifs is 1. The lowest BCUT2D eigenvalue weighted by atomic mass is 9.94. The highest BCUT2D eigenvalue weighted by Crippen LogP contribution is 2.66. The number of benzene rings is 1. The summed E-state index contributed by atoms with van der Waals surface area (Å²) in [6, 6.07) is 0. The summed E-state index contributed by atoms with van der Waals surface area (Å²) in [6.45, 7) is 0. The highest BCUT2D eigenvalue weighted by atomic mass is 79.9. The molecule has 1 aromatic rings. The first kappa shape index (κ1) is 7.67. The molecule has 0 nitrogen and oxygen atoms in total. The zero-order valence-corrected chi connectivity index (χ0v) is 11.2. The van der Waals surface area contributed by atoms with Crippen LogP contribution in [0, 0.1) is 0 Å². The van der Waals surface area contributed by atoms with Crippen molar-refractivity contribution < 1.29 is 0 Å². The van der Waals surface area contributed by atoms with Gasteiger partial charge in [0.2, 0.25) is 0 Å². The topological polar surface area (TPSA) is 0 Å². The molecule has 2 heteroatoms. The minimum absolute atomic E-state index is 0.430. The third kappa shape index (κ3) is 0.482. The van der Waals surface area contributed by atoms with Gasteiger partial charge in [-0.1, -0.05) is 15.9 Å². The van der Waals surface area contributed by atoms with E-state index in [1.807, 2.05) is 0 Å². The molecule has 2 unspecified atom stereocenters. The Labute approximate surface area is 108 Å². The van der Waals surface area contributed by atoms with Gasteiger partial charge in [0.1, 0.15) is 0 Å². The average Bonchev–Trinajstić information content (AvgIpc) is 2.73. The van der Waals surface area contributed by atoms with Crippen LogP contribution in [0.1, 0.15) is 33.0 Å². The Morgan fingerprint density at radius 1 is 0.938 bits per heavy atom. The third-order valence-corrected chi connectivity index (χ3v) is 6.45. The molecule has 0 N–H and O–H groups in total. The standard InChI is InChI=1S/C14H4Br2/c15-13-6-2-5-11(13)9-4-1-3-7(9)8(3)10(4)12(5)14(6)16/h1-2,7,13H. The molecule has 8 bridgehead atoms. The van der Waals surface area contributed by atoms with E-state index in [0.29, 0.717) is 10.7 Å². The van der Waals surface area contributed by atoms with Gasteiger partial charge in [0.15, 0.2) is 0 Å². The molecule has 0 saturated carbocycles. The molecule has 0 saturated heterocycles. The first-order valence-electron chi connectivity index (χ1n) is 5.51. The largest absolute Gasteiger partial charge is 0.0786 e. The van der Waals surface area contributed by atoms with Crippen molar-refractivity contribution in [2.45, 2.75) is 10.7 Å². The van der Waals surface area contributed by atoms with Gasteiger partial charge < -0.3 is 0 Å². The van der Waals surface area contributed by atoms with Crippen LogP contribution in [0.3, 0.4) is 0 Å². The normalized spacial score (nSPS) is 31.6. The van der Waals surface area contributed by atoms with E-state index >= 15 is 0 Å². The zero-order valence-electron chi connectivity index (χ0n) is 8.07. The summed E-state index contributed by atoms with van der Waals surface area (Å²) < 4.78 is 1.33. The minimum atomic E-state index is 0.430. The van der Waals surface area contributed by atoms with E-state index in [4.69, 9.17) is 0 Å². The molecule has 0 radical (unpaired) electrons. The fraction of sp³-hybridized carbons (Fsp3) is 0.143. The number of allylic oxidation sites excluding steroid dienone is 3. The Balaban J connectivity index is 2.04. The summed E-state index contributed by atoms with van der Waals surface area (Å²) in [7, 11) is 0. The molecule has 0 aromatic heterocycles. The molecule has 0 amide bonds. The molecular weight excluding hydrogens is 328 g/mol. The van der Waals surface area contributed by atoms with Crippen LogP contribution in [-0.4, -0.2) is 0 Å². The number of halogens is 2. The number of hydrogen-bond acceptors (Lipinski definition) is 0. The van der Waals surface area contributed by atoms with Crippen molar-refractivity contribution in [3.8, 4) is 0 Å². The number of hydrogen-bond donors (Lipinski definition) is 0. The van der Waals surface area contributed by atoms with E-state index in [2.05, 4.69) is 44.0 Å². The molecule has 1 aromatic carbocycles. The fourth-order valence-corrected chi connectivity index (χ4v) is 5.98. The molecule has 74 valence electrons. The maximum Gasteiger partial charge on any atom is 0.0665 e. The molecule has 0 spiro atoms. The summed E-state index contributed by atoms with van der Waals surface area (Å²) in [5.74, 6) is 0.707. The van der Waals surface area contributed by atoms with Gasteiger partial charge in [-0.05, 0) is 71.9 Å². The van der Waals surface area contributed by atoms with Crippen molar-refractivity contribution in [3.63, 3.8) is 0 Å². The van der Waals surface area contributed by atoms with Gasteiger partial charge in [0.25, 0.3) is 0 Å². The maximum absolute atomic E-state index is 3.85. The summed E-state index contributed by atoms with van der Waals surface area (Å²) >= 11 is 7.63. The predicted molar refractivity (Wildman–Crippen MR) is 71.8 cm³/mol. The molecule has 6 aliphatic carbocycles. The van der Waals surface area contributed by atoms with Crippen LogP contribution in [0.5, 0.6) is 0 Å². The van der Waals surface area contributed by atoms with Crippen LogP contribution in [0.2, 0.25) is 0 Å². The zero-order chi connectivity index (χ0) is 10.3. The molecule has 2 atom stereocenters. The molecular formula is C14H4Br2. The van der Waals surface area contributed by atoms with Gasteiger partial charge in [-0.15, -0.1) is 0 Å². The molecule has 0 fully saturated rings. The van der Waals surface area contributed by atoms with E-state index in [9.17, 15) is 0 Å². The van der Waals surface area contributed by atoms with E-state index in [0.717, 1.165) is 0 Å². The van der Waals surface area contributed by atoms with Crippen LogP contribution in [0.4, 0.5) is 0 Å². The summed E-state index contributed by atoms with van der Waals surface area (Å²) in [4.78, 5) is 0.430. The highest BCUT2D eigenvalue weighted by Gasteiger charge is 2.54. The van der Waals surface area contributed by atoms with E-state index in [1.165, 1.54) is 20.8 Å². The average molecular weight is 332 g/mol. The van der Waals surface area contributed by atoms with Crippen molar-refractivity contribution >= 4 is 54.1 Å². The highest BCUT2D eigenvalue weighted by molar-refractivity contribution is 9.15.